The molecule has 2 rings (SSSR count). The van der Waals surface area contributed by atoms with Crippen molar-refractivity contribution in [1.29, 1.82) is 0 Å². The first-order valence-corrected chi connectivity index (χ1v) is 6.29. The maximum absolute atomic E-state index is 5.50. The van der Waals surface area contributed by atoms with Gasteiger partial charge in [-0.2, -0.15) is 0 Å². The Bertz CT molecular complexity index is 274. The van der Waals surface area contributed by atoms with Crippen LogP contribution in [0.25, 0.3) is 0 Å². The van der Waals surface area contributed by atoms with E-state index < -0.39 is 5.79 Å². The predicted molar refractivity (Wildman–Crippen MR) is 62.7 cm³/mol. The smallest absolute Gasteiger partial charge is 0.271 e. The van der Waals surface area contributed by atoms with Gasteiger partial charge in [0.05, 0.1) is 13.2 Å². The highest BCUT2D eigenvalue weighted by atomic mass is 16.8. The second-order valence-corrected chi connectivity index (χ2v) is 4.92. The lowest BCUT2D eigenvalue weighted by atomic mass is 10.2. The van der Waals surface area contributed by atoms with Crippen LogP contribution in [-0.2, 0) is 19.0 Å². The summed E-state index contributed by atoms with van der Waals surface area (Å²) in [5.41, 5.74) is 0. The lowest BCUT2D eigenvalue weighted by molar-refractivity contribution is -0.129. The average molecular weight is 243 g/mol. The molecule has 1 unspecified atom stereocenters. The standard InChI is InChI=1S/C12H21NO4/c1-12(2)16-11(13-17-12)6-4-3-5-7-14-8-10-9-15-10/h10H,3-9H2,1-2H3. The van der Waals surface area contributed by atoms with Crippen molar-refractivity contribution < 1.29 is 19.0 Å². The maximum atomic E-state index is 5.50. The van der Waals surface area contributed by atoms with E-state index in [-0.39, 0.29) is 0 Å². The Morgan fingerprint density at radius 3 is 2.82 bits per heavy atom. The highest BCUT2D eigenvalue weighted by molar-refractivity contribution is 5.76. The first-order valence-electron chi connectivity index (χ1n) is 6.29. The number of ether oxygens (including phenoxy) is 3. The van der Waals surface area contributed by atoms with E-state index in [0.717, 1.165) is 45.5 Å². The minimum Gasteiger partial charge on any atom is -0.434 e. The SMILES string of the molecule is CC1(C)ON=C(CCCCCOCC2CO2)O1. The Balaban J connectivity index is 1.41. The van der Waals surface area contributed by atoms with Gasteiger partial charge >= 0.3 is 0 Å². The second-order valence-electron chi connectivity index (χ2n) is 4.92. The summed E-state index contributed by atoms with van der Waals surface area (Å²) in [5.74, 6) is 0.130. The van der Waals surface area contributed by atoms with Crippen molar-refractivity contribution in [3.63, 3.8) is 0 Å². The van der Waals surface area contributed by atoms with Gasteiger partial charge in [0.1, 0.15) is 6.10 Å². The topological polar surface area (TPSA) is 52.6 Å². The van der Waals surface area contributed by atoms with Crippen LogP contribution in [0, 0.1) is 0 Å². The molecule has 0 spiro atoms. The molecule has 98 valence electrons. The van der Waals surface area contributed by atoms with Gasteiger partial charge in [0.2, 0.25) is 5.90 Å². The van der Waals surface area contributed by atoms with Crippen LogP contribution in [0.1, 0.15) is 39.5 Å². The van der Waals surface area contributed by atoms with Crippen LogP contribution < -0.4 is 0 Å². The number of rotatable bonds is 8. The summed E-state index contributed by atoms with van der Waals surface area (Å²) in [5, 5.41) is 3.90. The average Bonchev–Trinajstić information content (AvgIpc) is 3.02. The fourth-order valence-corrected chi connectivity index (χ4v) is 1.61. The van der Waals surface area contributed by atoms with Gasteiger partial charge in [-0.3, -0.25) is 0 Å². The van der Waals surface area contributed by atoms with E-state index in [1.165, 1.54) is 0 Å². The van der Waals surface area contributed by atoms with Crippen LogP contribution in [0.15, 0.2) is 5.16 Å². The Hall–Kier alpha value is -0.810. The third kappa shape index (κ3) is 4.91. The number of hydrogen-bond acceptors (Lipinski definition) is 5. The van der Waals surface area contributed by atoms with Crippen LogP contribution in [0.4, 0.5) is 0 Å². The molecule has 0 aromatic rings. The second kappa shape index (κ2) is 5.69. The number of oxime groups is 1. The predicted octanol–water partition coefficient (Wildman–Crippen LogP) is 2.06. The van der Waals surface area contributed by atoms with E-state index in [2.05, 4.69) is 5.16 Å². The van der Waals surface area contributed by atoms with E-state index in [1.807, 2.05) is 13.8 Å². The number of nitrogens with zero attached hydrogens (tertiary/aromatic N) is 1. The molecule has 5 heteroatoms. The van der Waals surface area contributed by atoms with Crippen molar-refractivity contribution in [3.05, 3.63) is 0 Å². The number of epoxide rings is 1. The minimum absolute atomic E-state index is 0.371. The molecule has 0 N–H and O–H groups in total. The molecule has 0 amide bonds. The van der Waals surface area contributed by atoms with Crippen molar-refractivity contribution in [2.75, 3.05) is 19.8 Å². The summed E-state index contributed by atoms with van der Waals surface area (Å²) in [6, 6.07) is 0. The molecule has 0 bridgehead atoms. The zero-order valence-corrected chi connectivity index (χ0v) is 10.6. The Morgan fingerprint density at radius 1 is 1.35 bits per heavy atom. The van der Waals surface area contributed by atoms with Gasteiger partial charge in [0.15, 0.2) is 0 Å². The van der Waals surface area contributed by atoms with Crippen LogP contribution >= 0.6 is 0 Å². The first kappa shape index (κ1) is 12.6. The molecular formula is C12H21NO4. The van der Waals surface area contributed by atoms with Gasteiger partial charge in [0.25, 0.3) is 5.79 Å². The first-order chi connectivity index (χ1) is 8.16. The van der Waals surface area contributed by atoms with E-state index in [0.29, 0.717) is 12.0 Å². The maximum Gasteiger partial charge on any atom is 0.271 e. The summed E-state index contributed by atoms with van der Waals surface area (Å²) < 4.78 is 16.0. The summed E-state index contributed by atoms with van der Waals surface area (Å²) in [6.45, 7) is 6.15. The van der Waals surface area contributed by atoms with Crippen molar-refractivity contribution in [2.45, 2.75) is 51.4 Å². The lowest BCUT2D eigenvalue weighted by Gasteiger charge is -2.14. The minimum atomic E-state index is -0.581. The monoisotopic (exact) mass is 243 g/mol. The summed E-state index contributed by atoms with van der Waals surface area (Å²) >= 11 is 0. The van der Waals surface area contributed by atoms with E-state index in [1.54, 1.807) is 0 Å². The van der Waals surface area contributed by atoms with E-state index in [4.69, 9.17) is 19.0 Å². The van der Waals surface area contributed by atoms with Gasteiger partial charge in [-0.05, 0) is 18.0 Å². The molecule has 0 aliphatic carbocycles. The van der Waals surface area contributed by atoms with Crippen LogP contribution in [0.3, 0.4) is 0 Å². The molecule has 1 fully saturated rings. The molecule has 1 saturated heterocycles. The molecule has 0 aromatic carbocycles. The zero-order valence-electron chi connectivity index (χ0n) is 10.6. The molecule has 2 aliphatic rings. The van der Waals surface area contributed by atoms with Crippen molar-refractivity contribution in [1.82, 2.24) is 0 Å². The third-order valence-electron chi connectivity index (χ3n) is 2.62. The van der Waals surface area contributed by atoms with Crippen LogP contribution in [-0.4, -0.2) is 37.6 Å². The quantitative estimate of drug-likeness (QED) is 0.483. The van der Waals surface area contributed by atoms with Gasteiger partial charge in [-0.1, -0.05) is 6.42 Å². The van der Waals surface area contributed by atoms with Crippen molar-refractivity contribution in [2.24, 2.45) is 5.16 Å². The largest absolute Gasteiger partial charge is 0.434 e. The molecule has 2 heterocycles. The van der Waals surface area contributed by atoms with Crippen LogP contribution in [0.2, 0.25) is 0 Å². The van der Waals surface area contributed by atoms with Gasteiger partial charge < -0.3 is 19.0 Å². The Morgan fingerprint density at radius 2 is 2.18 bits per heavy atom. The molecule has 0 radical (unpaired) electrons. The highest BCUT2D eigenvalue weighted by Gasteiger charge is 2.29. The number of hydrogen-bond donors (Lipinski definition) is 0. The molecule has 0 saturated carbocycles. The molecule has 0 aromatic heterocycles. The summed E-state index contributed by atoms with van der Waals surface area (Å²) in [4.78, 5) is 5.11. The molecule has 17 heavy (non-hydrogen) atoms. The van der Waals surface area contributed by atoms with Crippen LogP contribution in [0.5, 0.6) is 0 Å². The van der Waals surface area contributed by atoms with Crippen molar-refractivity contribution >= 4 is 5.90 Å². The zero-order chi connectivity index (χ0) is 12.1. The lowest BCUT2D eigenvalue weighted by Crippen LogP contribution is -2.22. The van der Waals surface area contributed by atoms with Crippen molar-refractivity contribution in [3.8, 4) is 0 Å². The van der Waals surface area contributed by atoms with Gasteiger partial charge in [-0.25, -0.2) is 0 Å². The van der Waals surface area contributed by atoms with Gasteiger partial charge in [-0.15, -0.1) is 0 Å². The Labute approximate surface area is 102 Å². The highest BCUT2D eigenvalue weighted by Crippen LogP contribution is 2.21. The third-order valence-corrected chi connectivity index (χ3v) is 2.62. The molecular weight excluding hydrogens is 222 g/mol. The van der Waals surface area contributed by atoms with E-state index in [9.17, 15) is 0 Å². The summed E-state index contributed by atoms with van der Waals surface area (Å²) in [6.07, 6.45) is 4.46. The molecule has 2 aliphatic heterocycles. The fraction of sp³-hybridized carbons (Fsp3) is 0.917. The molecule has 1 atom stereocenters. The Kier molecular flexibility index (Phi) is 4.23. The molecule has 5 nitrogen and oxygen atoms in total. The normalized spacial score (nSPS) is 25.1. The fourth-order valence-electron chi connectivity index (χ4n) is 1.61. The van der Waals surface area contributed by atoms with E-state index >= 15 is 0 Å². The summed E-state index contributed by atoms with van der Waals surface area (Å²) in [7, 11) is 0. The number of unbranched alkanes of at least 4 members (excludes halogenated alkanes) is 2. The van der Waals surface area contributed by atoms with Gasteiger partial charge in [0, 0.05) is 26.9 Å².